The van der Waals surface area contributed by atoms with Gasteiger partial charge in [-0.3, -0.25) is 0 Å². The third kappa shape index (κ3) is 2.15. The van der Waals surface area contributed by atoms with Crippen molar-refractivity contribution in [3.63, 3.8) is 0 Å². The Labute approximate surface area is 94.8 Å². The number of phenols is 1. The second-order valence-corrected chi connectivity index (χ2v) is 4.27. The summed E-state index contributed by atoms with van der Waals surface area (Å²) in [5.41, 5.74) is 0.748. The van der Waals surface area contributed by atoms with Gasteiger partial charge in [0.1, 0.15) is 5.75 Å². The lowest BCUT2D eigenvalue weighted by Gasteiger charge is -2.18. The molecule has 1 unspecified atom stereocenters. The SMILES string of the molecule is O=C=NC(c1ccccc1O)C1CCCC1. The molecular formula is C13H15NO2. The third-order valence-electron chi connectivity index (χ3n) is 3.29. The van der Waals surface area contributed by atoms with Crippen LogP contribution in [0.2, 0.25) is 0 Å². The molecule has 1 aromatic rings. The van der Waals surface area contributed by atoms with Crippen LogP contribution in [0.15, 0.2) is 29.3 Å². The average Bonchev–Trinajstić information content (AvgIpc) is 2.80. The molecule has 2 rings (SSSR count). The summed E-state index contributed by atoms with van der Waals surface area (Å²) in [4.78, 5) is 14.4. The van der Waals surface area contributed by atoms with Crippen LogP contribution in [0.1, 0.15) is 37.3 Å². The van der Waals surface area contributed by atoms with Crippen molar-refractivity contribution in [2.24, 2.45) is 10.9 Å². The zero-order valence-electron chi connectivity index (χ0n) is 9.10. The van der Waals surface area contributed by atoms with Crippen molar-refractivity contribution in [3.8, 4) is 5.75 Å². The standard InChI is InChI=1S/C13H15NO2/c15-9-14-13(10-5-1-2-6-10)11-7-3-4-8-12(11)16/h3-4,7-8,10,13,16H,1-2,5-6H2. The summed E-state index contributed by atoms with van der Waals surface area (Å²) in [5.74, 6) is 0.591. The number of hydrogen-bond acceptors (Lipinski definition) is 3. The van der Waals surface area contributed by atoms with E-state index in [2.05, 4.69) is 4.99 Å². The molecule has 0 radical (unpaired) electrons. The molecule has 1 aromatic carbocycles. The summed E-state index contributed by atoms with van der Waals surface area (Å²) in [6.45, 7) is 0. The Balaban J connectivity index is 2.31. The molecule has 16 heavy (non-hydrogen) atoms. The molecule has 1 aliphatic rings. The Bertz CT molecular complexity index is 404. The molecule has 1 atom stereocenters. The number of carbonyl (C=O) groups excluding carboxylic acids is 1. The number of isocyanates is 1. The predicted molar refractivity (Wildman–Crippen MR) is 60.9 cm³/mol. The van der Waals surface area contributed by atoms with Crippen molar-refractivity contribution >= 4 is 6.08 Å². The smallest absolute Gasteiger partial charge is 0.235 e. The molecule has 3 heteroatoms. The maximum Gasteiger partial charge on any atom is 0.235 e. The molecule has 0 spiro atoms. The molecule has 84 valence electrons. The molecule has 3 nitrogen and oxygen atoms in total. The van der Waals surface area contributed by atoms with Crippen molar-refractivity contribution in [2.45, 2.75) is 31.7 Å². The van der Waals surface area contributed by atoms with Gasteiger partial charge in [0.05, 0.1) is 6.04 Å². The van der Waals surface area contributed by atoms with Gasteiger partial charge in [0.25, 0.3) is 0 Å². The Morgan fingerprint density at radius 3 is 2.62 bits per heavy atom. The second-order valence-electron chi connectivity index (χ2n) is 4.27. The number of benzene rings is 1. The van der Waals surface area contributed by atoms with Gasteiger partial charge in [-0.1, -0.05) is 31.0 Å². The Morgan fingerprint density at radius 1 is 1.31 bits per heavy atom. The van der Waals surface area contributed by atoms with E-state index in [1.165, 1.54) is 12.8 Å². The molecule has 1 N–H and O–H groups in total. The minimum absolute atomic E-state index is 0.221. The van der Waals surface area contributed by atoms with Crippen molar-refractivity contribution in [2.75, 3.05) is 0 Å². The van der Waals surface area contributed by atoms with Crippen LogP contribution in [-0.2, 0) is 4.79 Å². The monoisotopic (exact) mass is 217 g/mol. The van der Waals surface area contributed by atoms with E-state index in [1.807, 2.05) is 12.1 Å². The topological polar surface area (TPSA) is 49.7 Å². The molecule has 1 saturated carbocycles. The van der Waals surface area contributed by atoms with Crippen molar-refractivity contribution in [1.29, 1.82) is 0 Å². The zero-order chi connectivity index (χ0) is 11.4. The number of aromatic hydroxyl groups is 1. The Kier molecular flexibility index (Phi) is 3.37. The van der Waals surface area contributed by atoms with Crippen LogP contribution in [0.5, 0.6) is 5.75 Å². The molecule has 0 heterocycles. The van der Waals surface area contributed by atoms with Crippen LogP contribution < -0.4 is 0 Å². The van der Waals surface area contributed by atoms with Crippen LogP contribution >= 0.6 is 0 Å². The van der Waals surface area contributed by atoms with Crippen LogP contribution in [-0.4, -0.2) is 11.2 Å². The molecular weight excluding hydrogens is 202 g/mol. The Hall–Kier alpha value is -1.60. The van der Waals surface area contributed by atoms with Gasteiger partial charge in [-0.25, -0.2) is 4.79 Å². The van der Waals surface area contributed by atoms with E-state index < -0.39 is 0 Å². The van der Waals surface area contributed by atoms with Crippen LogP contribution in [0.3, 0.4) is 0 Å². The quantitative estimate of drug-likeness (QED) is 0.625. The Morgan fingerprint density at radius 2 is 2.00 bits per heavy atom. The van der Waals surface area contributed by atoms with E-state index in [1.54, 1.807) is 18.2 Å². The maximum absolute atomic E-state index is 10.5. The van der Waals surface area contributed by atoms with Crippen LogP contribution in [0.25, 0.3) is 0 Å². The van der Waals surface area contributed by atoms with Gasteiger partial charge < -0.3 is 5.11 Å². The number of rotatable bonds is 3. The fraction of sp³-hybridized carbons (Fsp3) is 0.462. The summed E-state index contributed by atoms with van der Waals surface area (Å²) in [7, 11) is 0. The summed E-state index contributed by atoms with van der Waals surface area (Å²) in [5, 5.41) is 9.78. The van der Waals surface area contributed by atoms with E-state index in [4.69, 9.17) is 0 Å². The van der Waals surface area contributed by atoms with E-state index >= 15 is 0 Å². The van der Waals surface area contributed by atoms with Crippen molar-refractivity contribution in [1.82, 2.24) is 0 Å². The number of hydrogen-bond donors (Lipinski definition) is 1. The highest BCUT2D eigenvalue weighted by atomic mass is 16.3. The maximum atomic E-state index is 10.5. The lowest BCUT2D eigenvalue weighted by Crippen LogP contribution is -2.07. The van der Waals surface area contributed by atoms with Gasteiger partial charge in [0.15, 0.2) is 0 Å². The first-order valence-corrected chi connectivity index (χ1v) is 5.68. The van der Waals surface area contributed by atoms with E-state index in [0.29, 0.717) is 5.92 Å². The van der Waals surface area contributed by atoms with Gasteiger partial charge >= 0.3 is 0 Å². The van der Waals surface area contributed by atoms with Crippen LogP contribution in [0, 0.1) is 5.92 Å². The molecule has 0 bridgehead atoms. The van der Waals surface area contributed by atoms with E-state index in [0.717, 1.165) is 18.4 Å². The van der Waals surface area contributed by atoms with Gasteiger partial charge in [0.2, 0.25) is 6.08 Å². The second kappa shape index (κ2) is 4.95. The summed E-state index contributed by atoms with van der Waals surface area (Å²) in [6, 6.07) is 6.88. The molecule has 1 fully saturated rings. The average molecular weight is 217 g/mol. The first kappa shape index (κ1) is 10.9. The number of nitrogens with zero attached hydrogens (tertiary/aromatic N) is 1. The van der Waals surface area contributed by atoms with Crippen LogP contribution in [0.4, 0.5) is 0 Å². The lowest BCUT2D eigenvalue weighted by molar-refractivity contribution is 0.412. The highest BCUT2D eigenvalue weighted by Gasteiger charge is 2.27. The van der Waals surface area contributed by atoms with Gasteiger partial charge in [-0.15, -0.1) is 0 Å². The lowest BCUT2D eigenvalue weighted by atomic mass is 9.91. The third-order valence-corrected chi connectivity index (χ3v) is 3.29. The summed E-state index contributed by atoms with van der Waals surface area (Å²) >= 11 is 0. The number of phenolic OH excluding ortho intramolecular Hbond substituents is 1. The first-order chi connectivity index (χ1) is 7.83. The van der Waals surface area contributed by atoms with Gasteiger partial charge in [0, 0.05) is 5.56 Å². The first-order valence-electron chi connectivity index (χ1n) is 5.68. The fourth-order valence-corrected chi connectivity index (χ4v) is 2.50. The fourth-order valence-electron chi connectivity index (χ4n) is 2.50. The molecule has 1 aliphatic carbocycles. The molecule has 0 amide bonds. The van der Waals surface area contributed by atoms with Gasteiger partial charge in [-0.2, -0.15) is 4.99 Å². The number of para-hydroxylation sites is 1. The normalized spacial score (nSPS) is 18.0. The number of aliphatic imine (C=N–C) groups is 1. The highest BCUT2D eigenvalue weighted by Crippen LogP contribution is 2.40. The summed E-state index contributed by atoms with van der Waals surface area (Å²) < 4.78 is 0. The summed E-state index contributed by atoms with van der Waals surface area (Å²) in [6.07, 6.45) is 6.15. The minimum Gasteiger partial charge on any atom is -0.508 e. The van der Waals surface area contributed by atoms with Gasteiger partial charge in [-0.05, 0) is 24.8 Å². The molecule has 0 saturated heterocycles. The van der Waals surface area contributed by atoms with Crippen molar-refractivity contribution < 1.29 is 9.90 Å². The van der Waals surface area contributed by atoms with E-state index in [-0.39, 0.29) is 11.8 Å². The molecule has 0 aromatic heterocycles. The van der Waals surface area contributed by atoms with Crippen molar-refractivity contribution in [3.05, 3.63) is 29.8 Å². The molecule has 0 aliphatic heterocycles. The zero-order valence-corrected chi connectivity index (χ0v) is 9.10. The van der Waals surface area contributed by atoms with E-state index in [9.17, 15) is 9.90 Å². The minimum atomic E-state index is -0.221. The largest absolute Gasteiger partial charge is 0.508 e. The highest BCUT2D eigenvalue weighted by molar-refractivity contribution is 5.40. The predicted octanol–water partition coefficient (Wildman–Crippen LogP) is 2.96.